The van der Waals surface area contributed by atoms with Crippen LogP contribution >= 0.6 is 0 Å². The fraction of sp³-hybridized carbons (Fsp3) is 0.867. The minimum atomic E-state index is -0.606. The number of nitrogens with one attached hydrogen (secondary N) is 1. The summed E-state index contributed by atoms with van der Waals surface area (Å²) in [6.45, 7) is 4.57. The van der Waals surface area contributed by atoms with Crippen molar-refractivity contribution >= 4 is 11.9 Å². The number of amides is 3. The number of urea groups is 1. The lowest BCUT2D eigenvalue weighted by Crippen LogP contribution is -2.54. The van der Waals surface area contributed by atoms with Crippen molar-refractivity contribution < 1.29 is 9.59 Å². The molecule has 1 aliphatic carbocycles. The molecule has 3 fully saturated rings. The number of likely N-dealkylation sites (tertiary alicyclic amines) is 1. The van der Waals surface area contributed by atoms with Gasteiger partial charge in [0.15, 0.2) is 0 Å². The lowest BCUT2D eigenvalue weighted by molar-refractivity contribution is -0.135. The van der Waals surface area contributed by atoms with Crippen LogP contribution in [0.4, 0.5) is 4.79 Å². The molecule has 3 amide bonds. The first kappa shape index (κ1) is 13.9. The van der Waals surface area contributed by atoms with E-state index in [-0.39, 0.29) is 17.9 Å². The van der Waals surface area contributed by atoms with Crippen LogP contribution in [0.2, 0.25) is 0 Å². The van der Waals surface area contributed by atoms with Crippen molar-refractivity contribution in [1.82, 2.24) is 15.1 Å². The molecule has 112 valence electrons. The highest BCUT2D eigenvalue weighted by Gasteiger charge is 2.54. The molecule has 20 heavy (non-hydrogen) atoms. The molecule has 0 unspecified atom stereocenters. The molecule has 5 nitrogen and oxygen atoms in total. The third-order valence-electron chi connectivity index (χ3n) is 5.29. The van der Waals surface area contributed by atoms with Crippen LogP contribution in [0, 0.1) is 5.92 Å². The lowest BCUT2D eigenvalue weighted by Gasteiger charge is -2.37. The summed E-state index contributed by atoms with van der Waals surface area (Å²) in [4.78, 5) is 28.7. The maximum atomic E-state index is 12.8. The minimum absolute atomic E-state index is 0.0141. The summed E-state index contributed by atoms with van der Waals surface area (Å²) in [6.07, 6.45) is 7.64. The summed E-state index contributed by atoms with van der Waals surface area (Å²) in [5.41, 5.74) is -0.606. The predicted molar refractivity (Wildman–Crippen MR) is 76.0 cm³/mol. The van der Waals surface area contributed by atoms with Crippen molar-refractivity contribution in [3.63, 3.8) is 0 Å². The van der Waals surface area contributed by atoms with Crippen molar-refractivity contribution in [3.8, 4) is 0 Å². The van der Waals surface area contributed by atoms with Gasteiger partial charge in [-0.1, -0.05) is 26.2 Å². The standard InChI is InChI=1S/C15H25N3O2/c1-12-7-3-4-8-15(12)13(19)18(14(20)16-15)11-17-9-5-2-6-10-17/h12H,2-11H2,1H3,(H,16,20)/t12-,15+/m1/s1. The summed E-state index contributed by atoms with van der Waals surface area (Å²) in [5, 5.41) is 3.02. The second-order valence-electron chi connectivity index (χ2n) is 6.60. The number of carbonyl (C=O) groups is 2. The minimum Gasteiger partial charge on any atom is -0.323 e. The molecular formula is C15H25N3O2. The average Bonchev–Trinajstić information content (AvgIpc) is 2.69. The molecule has 3 rings (SSSR count). The van der Waals surface area contributed by atoms with Crippen molar-refractivity contribution in [3.05, 3.63) is 0 Å². The van der Waals surface area contributed by atoms with Crippen molar-refractivity contribution in [2.45, 2.75) is 57.4 Å². The van der Waals surface area contributed by atoms with Gasteiger partial charge >= 0.3 is 6.03 Å². The van der Waals surface area contributed by atoms with E-state index in [1.54, 1.807) is 0 Å². The Morgan fingerprint density at radius 1 is 1.15 bits per heavy atom. The van der Waals surface area contributed by atoms with E-state index in [9.17, 15) is 9.59 Å². The third kappa shape index (κ3) is 2.22. The zero-order valence-electron chi connectivity index (χ0n) is 12.4. The maximum Gasteiger partial charge on any atom is 0.326 e. The fourth-order valence-electron chi connectivity index (χ4n) is 3.92. The van der Waals surface area contributed by atoms with Crippen LogP contribution < -0.4 is 5.32 Å². The number of nitrogens with zero attached hydrogens (tertiary/aromatic N) is 2. The van der Waals surface area contributed by atoms with E-state index in [2.05, 4.69) is 17.1 Å². The predicted octanol–water partition coefficient (Wildman–Crippen LogP) is 1.93. The van der Waals surface area contributed by atoms with Gasteiger partial charge in [0.2, 0.25) is 0 Å². The molecule has 0 aromatic carbocycles. The highest BCUT2D eigenvalue weighted by Crippen LogP contribution is 2.38. The molecule has 2 atom stereocenters. The molecule has 5 heteroatoms. The summed E-state index contributed by atoms with van der Waals surface area (Å²) in [7, 11) is 0. The smallest absolute Gasteiger partial charge is 0.323 e. The van der Waals surface area contributed by atoms with Gasteiger partial charge in [-0.2, -0.15) is 0 Å². The first-order valence-electron chi connectivity index (χ1n) is 8.00. The molecule has 0 radical (unpaired) electrons. The monoisotopic (exact) mass is 279 g/mol. The van der Waals surface area contributed by atoms with Gasteiger partial charge in [-0.3, -0.25) is 9.69 Å². The normalized spacial score (nSPS) is 35.6. The van der Waals surface area contributed by atoms with Gasteiger partial charge in [0.25, 0.3) is 5.91 Å². The fourth-order valence-corrected chi connectivity index (χ4v) is 3.92. The molecule has 0 aromatic heterocycles. The maximum absolute atomic E-state index is 12.8. The Morgan fingerprint density at radius 3 is 2.60 bits per heavy atom. The van der Waals surface area contributed by atoms with Gasteiger partial charge < -0.3 is 5.32 Å². The Balaban J connectivity index is 1.72. The molecule has 0 bridgehead atoms. The van der Waals surface area contributed by atoms with Gasteiger partial charge in [-0.15, -0.1) is 0 Å². The topological polar surface area (TPSA) is 52.7 Å². The van der Waals surface area contributed by atoms with E-state index in [1.807, 2.05) is 0 Å². The Kier molecular flexibility index (Phi) is 3.71. The second-order valence-corrected chi connectivity index (χ2v) is 6.60. The molecule has 3 aliphatic rings. The zero-order chi connectivity index (χ0) is 14.2. The van der Waals surface area contributed by atoms with Crippen LogP contribution in [-0.4, -0.2) is 47.0 Å². The molecule has 1 saturated carbocycles. The first-order valence-corrected chi connectivity index (χ1v) is 8.00. The Morgan fingerprint density at radius 2 is 1.90 bits per heavy atom. The van der Waals surface area contributed by atoms with Crippen LogP contribution in [0.3, 0.4) is 0 Å². The van der Waals surface area contributed by atoms with Crippen molar-refractivity contribution in [2.24, 2.45) is 5.92 Å². The van der Waals surface area contributed by atoms with Crippen LogP contribution in [0.5, 0.6) is 0 Å². The Hall–Kier alpha value is -1.10. The number of carbonyl (C=O) groups excluding carboxylic acids is 2. The van der Waals surface area contributed by atoms with E-state index in [1.165, 1.54) is 24.2 Å². The van der Waals surface area contributed by atoms with Gasteiger partial charge in [0, 0.05) is 0 Å². The number of imide groups is 1. The zero-order valence-corrected chi connectivity index (χ0v) is 12.4. The Labute approximate surface area is 120 Å². The molecule has 1 N–H and O–H groups in total. The highest BCUT2D eigenvalue weighted by atomic mass is 16.2. The van der Waals surface area contributed by atoms with Gasteiger partial charge in [0.05, 0.1) is 6.67 Å². The Bertz CT molecular complexity index is 406. The quantitative estimate of drug-likeness (QED) is 0.786. The van der Waals surface area contributed by atoms with Crippen LogP contribution in [0.25, 0.3) is 0 Å². The van der Waals surface area contributed by atoms with Gasteiger partial charge in [-0.25, -0.2) is 9.69 Å². The second kappa shape index (κ2) is 5.35. The van der Waals surface area contributed by atoms with E-state index < -0.39 is 5.54 Å². The summed E-state index contributed by atoms with van der Waals surface area (Å²) < 4.78 is 0. The summed E-state index contributed by atoms with van der Waals surface area (Å²) in [5.74, 6) is 0.263. The van der Waals surface area contributed by atoms with Gasteiger partial charge in [-0.05, 0) is 44.7 Å². The number of piperidine rings is 1. The third-order valence-corrected chi connectivity index (χ3v) is 5.29. The number of hydrogen-bond acceptors (Lipinski definition) is 3. The molecule has 1 spiro atoms. The van der Waals surface area contributed by atoms with E-state index >= 15 is 0 Å². The van der Waals surface area contributed by atoms with Crippen LogP contribution in [0.1, 0.15) is 51.9 Å². The number of hydrogen-bond donors (Lipinski definition) is 1. The largest absolute Gasteiger partial charge is 0.326 e. The molecule has 2 aliphatic heterocycles. The molecule has 2 saturated heterocycles. The lowest BCUT2D eigenvalue weighted by atomic mass is 9.73. The SMILES string of the molecule is C[C@@H]1CCCC[C@]12NC(=O)N(CN1CCCCC1)C2=O. The molecule has 2 heterocycles. The van der Waals surface area contributed by atoms with E-state index in [4.69, 9.17) is 0 Å². The van der Waals surface area contributed by atoms with Crippen molar-refractivity contribution in [1.29, 1.82) is 0 Å². The molecular weight excluding hydrogens is 254 g/mol. The van der Waals surface area contributed by atoms with E-state index in [0.29, 0.717) is 6.67 Å². The summed E-state index contributed by atoms with van der Waals surface area (Å²) >= 11 is 0. The first-order chi connectivity index (χ1) is 9.63. The van der Waals surface area contributed by atoms with E-state index in [0.717, 1.165) is 38.8 Å². The molecule has 0 aromatic rings. The number of rotatable bonds is 2. The van der Waals surface area contributed by atoms with Crippen LogP contribution in [-0.2, 0) is 4.79 Å². The average molecular weight is 279 g/mol. The summed E-state index contributed by atoms with van der Waals surface area (Å²) in [6, 6.07) is -0.186. The van der Waals surface area contributed by atoms with Crippen LogP contribution in [0.15, 0.2) is 0 Å². The highest BCUT2D eigenvalue weighted by molar-refractivity contribution is 6.07. The van der Waals surface area contributed by atoms with Gasteiger partial charge in [0.1, 0.15) is 5.54 Å². The van der Waals surface area contributed by atoms with Crippen molar-refractivity contribution in [2.75, 3.05) is 19.8 Å².